The Morgan fingerprint density at radius 1 is 1.21 bits per heavy atom. The molecule has 4 rings (SSSR count). The summed E-state index contributed by atoms with van der Waals surface area (Å²) in [5.74, 6) is 0.864. The largest absolute Gasteiger partial charge is 0.340 e. The number of rotatable bonds is 5. The molecule has 0 N–H and O–H groups in total. The lowest BCUT2D eigenvalue weighted by Gasteiger charge is -2.20. The third-order valence-corrected chi connectivity index (χ3v) is 4.77. The summed E-state index contributed by atoms with van der Waals surface area (Å²) in [5.41, 5.74) is 4.03. The summed E-state index contributed by atoms with van der Waals surface area (Å²) < 4.78 is 6.76. The van der Waals surface area contributed by atoms with Crippen molar-refractivity contribution in [3.63, 3.8) is 0 Å². The second-order valence-electron chi connectivity index (χ2n) is 7.03. The van der Waals surface area contributed by atoms with Crippen LogP contribution in [0.15, 0.2) is 41.2 Å². The fourth-order valence-electron chi connectivity index (χ4n) is 3.29. The van der Waals surface area contributed by atoms with Gasteiger partial charge in [0.2, 0.25) is 5.89 Å². The zero-order chi connectivity index (χ0) is 20.5. The minimum Gasteiger partial charge on any atom is -0.340 e. The number of aromatic nitrogens is 5. The number of fused-ring (bicyclic) bond motifs is 1. The summed E-state index contributed by atoms with van der Waals surface area (Å²) in [6, 6.07) is 7.76. The SMILES string of the molecule is CCN(Cc1noc(C)n1)C(=O)c1cc(-c2cnn(C)c2)nc2cc(C)ccc12. The molecule has 0 fully saturated rings. The average molecular weight is 390 g/mol. The van der Waals surface area contributed by atoms with Gasteiger partial charge in [-0.1, -0.05) is 17.3 Å². The summed E-state index contributed by atoms with van der Waals surface area (Å²) >= 11 is 0. The van der Waals surface area contributed by atoms with Crippen molar-refractivity contribution in [2.75, 3.05) is 6.54 Å². The fraction of sp³-hybridized carbons (Fsp3) is 0.286. The van der Waals surface area contributed by atoms with Gasteiger partial charge in [0, 0.05) is 37.7 Å². The van der Waals surface area contributed by atoms with E-state index in [0.717, 1.165) is 22.0 Å². The van der Waals surface area contributed by atoms with Gasteiger partial charge in [-0.3, -0.25) is 9.48 Å². The van der Waals surface area contributed by atoms with Crippen molar-refractivity contribution >= 4 is 16.8 Å². The van der Waals surface area contributed by atoms with Crippen LogP contribution in [0.4, 0.5) is 0 Å². The Kier molecular flexibility index (Phi) is 4.84. The number of hydrogen-bond donors (Lipinski definition) is 0. The first-order valence-corrected chi connectivity index (χ1v) is 9.43. The van der Waals surface area contributed by atoms with Crippen molar-refractivity contribution in [3.05, 3.63) is 59.5 Å². The normalized spacial score (nSPS) is 11.2. The highest BCUT2D eigenvalue weighted by Crippen LogP contribution is 2.26. The average Bonchev–Trinajstić information content (AvgIpc) is 3.32. The van der Waals surface area contributed by atoms with E-state index in [9.17, 15) is 4.79 Å². The van der Waals surface area contributed by atoms with Crippen LogP contribution in [0.25, 0.3) is 22.2 Å². The predicted molar refractivity (Wildman–Crippen MR) is 108 cm³/mol. The van der Waals surface area contributed by atoms with Gasteiger partial charge >= 0.3 is 0 Å². The molecule has 1 amide bonds. The standard InChI is InChI=1S/C21H22N6O2/c1-5-27(12-20-23-14(3)29-25-20)21(28)17-9-18(15-10-22-26(4)11-15)24-19-8-13(2)6-7-16(17)19/h6-11H,5,12H2,1-4H3. The van der Waals surface area contributed by atoms with Gasteiger partial charge in [-0.05, 0) is 31.5 Å². The van der Waals surface area contributed by atoms with E-state index in [-0.39, 0.29) is 12.5 Å². The molecule has 0 aliphatic carbocycles. The topological polar surface area (TPSA) is 89.9 Å². The highest BCUT2D eigenvalue weighted by atomic mass is 16.5. The molecule has 148 valence electrons. The third-order valence-electron chi connectivity index (χ3n) is 4.77. The monoisotopic (exact) mass is 390 g/mol. The van der Waals surface area contributed by atoms with Crippen molar-refractivity contribution < 1.29 is 9.32 Å². The zero-order valence-corrected chi connectivity index (χ0v) is 16.9. The van der Waals surface area contributed by atoms with Gasteiger partial charge in [0.05, 0.1) is 29.5 Å². The molecule has 0 aliphatic rings. The number of amides is 1. The molecule has 0 bridgehead atoms. The smallest absolute Gasteiger partial charge is 0.255 e. The van der Waals surface area contributed by atoms with Crippen LogP contribution in [0.2, 0.25) is 0 Å². The maximum atomic E-state index is 13.5. The molecule has 3 aromatic heterocycles. The Bertz CT molecular complexity index is 1190. The quantitative estimate of drug-likeness (QED) is 0.519. The Labute approximate surface area is 168 Å². The molecule has 0 aliphatic heterocycles. The number of benzene rings is 1. The lowest BCUT2D eigenvalue weighted by atomic mass is 10.0. The summed E-state index contributed by atoms with van der Waals surface area (Å²) in [4.78, 5) is 24.2. The first-order chi connectivity index (χ1) is 13.9. The van der Waals surface area contributed by atoms with Crippen molar-refractivity contribution in [2.24, 2.45) is 7.05 Å². The van der Waals surface area contributed by atoms with Gasteiger partial charge in [0.15, 0.2) is 5.82 Å². The van der Waals surface area contributed by atoms with E-state index in [0.29, 0.717) is 29.5 Å². The first kappa shape index (κ1) is 18.8. The Morgan fingerprint density at radius 3 is 2.69 bits per heavy atom. The summed E-state index contributed by atoms with van der Waals surface area (Å²) in [7, 11) is 1.85. The molecule has 0 saturated carbocycles. The Balaban J connectivity index is 1.80. The van der Waals surface area contributed by atoms with E-state index < -0.39 is 0 Å². The Morgan fingerprint density at radius 2 is 2.03 bits per heavy atom. The van der Waals surface area contributed by atoms with Crippen molar-refractivity contribution in [3.8, 4) is 11.3 Å². The van der Waals surface area contributed by atoms with E-state index in [1.54, 1.807) is 22.7 Å². The molecular formula is C21H22N6O2. The molecule has 8 nitrogen and oxygen atoms in total. The van der Waals surface area contributed by atoms with Crippen LogP contribution in [0.1, 0.15) is 34.6 Å². The molecule has 0 atom stereocenters. The van der Waals surface area contributed by atoms with E-state index in [1.165, 1.54) is 0 Å². The van der Waals surface area contributed by atoms with E-state index >= 15 is 0 Å². The fourth-order valence-corrected chi connectivity index (χ4v) is 3.29. The first-order valence-electron chi connectivity index (χ1n) is 9.43. The molecule has 0 unspecified atom stereocenters. The third kappa shape index (κ3) is 3.73. The zero-order valence-electron chi connectivity index (χ0n) is 16.9. The van der Waals surface area contributed by atoms with Crippen molar-refractivity contribution in [1.29, 1.82) is 0 Å². The number of carbonyl (C=O) groups is 1. The second-order valence-corrected chi connectivity index (χ2v) is 7.03. The predicted octanol–water partition coefficient (Wildman–Crippen LogP) is 3.30. The van der Waals surface area contributed by atoms with Crippen LogP contribution >= 0.6 is 0 Å². The van der Waals surface area contributed by atoms with Gasteiger partial charge in [-0.2, -0.15) is 10.1 Å². The lowest BCUT2D eigenvalue weighted by molar-refractivity contribution is 0.0749. The molecule has 0 spiro atoms. The van der Waals surface area contributed by atoms with Crippen LogP contribution < -0.4 is 0 Å². The van der Waals surface area contributed by atoms with Gasteiger partial charge in [0.25, 0.3) is 5.91 Å². The maximum Gasteiger partial charge on any atom is 0.255 e. The van der Waals surface area contributed by atoms with Crippen LogP contribution in [0, 0.1) is 13.8 Å². The molecule has 3 heterocycles. The van der Waals surface area contributed by atoms with E-state index in [2.05, 4.69) is 15.2 Å². The minimum atomic E-state index is -0.101. The number of carbonyl (C=O) groups excluding carboxylic acids is 1. The van der Waals surface area contributed by atoms with Crippen LogP contribution in [-0.2, 0) is 13.6 Å². The van der Waals surface area contributed by atoms with Crippen LogP contribution in [0.3, 0.4) is 0 Å². The summed E-state index contributed by atoms with van der Waals surface area (Å²) in [6.45, 7) is 6.47. The van der Waals surface area contributed by atoms with Gasteiger partial charge in [-0.15, -0.1) is 0 Å². The molecular weight excluding hydrogens is 368 g/mol. The lowest BCUT2D eigenvalue weighted by Crippen LogP contribution is -2.31. The number of pyridine rings is 1. The van der Waals surface area contributed by atoms with Crippen LogP contribution in [-0.4, -0.2) is 42.3 Å². The molecule has 29 heavy (non-hydrogen) atoms. The van der Waals surface area contributed by atoms with Crippen molar-refractivity contribution in [1.82, 2.24) is 29.8 Å². The number of nitrogens with zero attached hydrogens (tertiary/aromatic N) is 6. The summed E-state index contributed by atoms with van der Waals surface area (Å²) in [5, 5.41) is 8.96. The number of aryl methyl sites for hydroxylation is 3. The maximum absolute atomic E-state index is 13.5. The molecule has 0 saturated heterocycles. The molecule has 4 aromatic rings. The summed E-state index contributed by atoms with van der Waals surface area (Å²) in [6.07, 6.45) is 3.63. The van der Waals surface area contributed by atoms with Gasteiger partial charge < -0.3 is 9.42 Å². The minimum absolute atomic E-state index is 0.101. The number of hydrogen-bond acceptors (Lipinski definition) is 6. The van der Waals surface area contributed by atoms with E-state index in [1.807, 2.05) is 51.4 Å². The molecule has 0 radical (unpaired) electrons. The van der Waals surface area contributed by atoms with Crippen molar-refractivity contribution in [2.45, 2.75) is 27.3 Å². The molecule has 1 aromatic carbocycles. The Hall–Kier alpha value is -3.55. The van der Waals surface area contributed by atoms with Gasteiger partial charge in [0.1, 0.15) is 0 Å². The molecule has 8 heteroatoms. The van der Waals surface area contributed by atoms with Crippen LogP contribution in [0.5, 0.6) is 0 Å². The van der Waals surface area contributed by atoms with E-state index in [4.69, 9.17) is 9.51 Å². The second kappa shape index (κ2) is 7.46. The highest BCUT2D eigenvalue weighted by molar-refractivity contribution is 6.07. The van der Waals surface area contributed by atoms with Gasteiger partial charge in [-0.25, -0.2) is 4.98 Å². The highest BCUT2D eigenvalue weighted by Gasteiger charge is 2.21.